The van der Waals surface area contributed by atoms with Crippen molar-refractivity contribution in [2.45, 2.75) is 24.2 Å². The zero-order valence-corrected chi connectivity index (χ0v) is 17.2. The van der Waals surface area contributed by atoms with Gasteiger partial charge in [0.2, 0.25) is 10.0 Å². The molecule has 1 amide bonds. The summed E-state index contributed by atoms with van der Waals surface area (Å²) in [7, 11) is -3.54. The Kier molecular flexibility index (Phi) is 6.11. The lowest BCUT2D eigenvalue weighted by atomic mass is 10.2. The molecule has 0 atom stereocenters. The van der Waals surface area contributed by atoms with E-state index < -0.39 is 20.9 Å². The van der Waals surface area contributed by atoms with Gasteiger partial charge < -0.3 is 5.32 Å². The fourth-order valence-corrected chi connectivity index (χ4v) is 4.87. The molecule has 1 N–H and O–H groups in total. The van der Waals surface area contributed by atoms with Gasteiger partial charge in [-0.2, -0.15) is 4.31 Å². The van der Waals surface area contributed by atoms with E-state index in [1.807, 2.05) is 0 Å². The number of benzene rings is 2. The lowest BCUT2D eigenvalue weighted by Gasteiger charge is -2.25. The zero-order valence-electron chi connectivity index (χ0n) is 14.8. The van der Waals surface area contributed by atoms with Crippen LogP contribution in [-0.4, -0.2) is 36.6 Å². The Morgan fingerprint density at radius 3 is 2.32 bits per heavy atom. The van der Waals surface area contributed by atoms with Gasteiger partial charge in [-0.05, 0) is 65.2 Å². The van der Waals surface area contributed by atoms with Crippen LogP contribution in [0.3, 0.4) is 0 Å². The molecule has 0 radical (unpaired) electrons. The molecule has 1 aliphatic heterocycles. The molecule has 0 saturated carbocycles. The minimum atomic E-state index is -3.54. The van der Waals surface area contributed by atoms with Crippen LogP contribution in [0.2, 0.25) is 0 Å². The highest BCUT2D eigenvalue weighted by molar-refractivity contribution is 9.10. The van der Waals surface area contributed by atoms with Crippen LogP contribution in [0.5, 0.6) is 0 Å². The van der Waals surface area contributed by atoms with Crippen molar-refractivity contribution in [1.82, 2.24) is 4.31 Å². The van der Waals surface area contributed by atoms with Gasteiger partial charge in [0.05, 0.1) is 14.3 Å². The first-order valence-electron chi connectivity index (χ1n) is 8.64. The van der Waals surface area contributed by atoms with Crippen molar-refractivity contribution in [3.63, 3.8) is 0 Å². The second-order valence-electron chi connectivity index (χ2n) is 6.37. The van der Waals surface area contributed by atoms with Crippen molar-refractivity contribution in [2.75, 3.05) is 18.4 Å². The fourth-order valence-electron chi connectivity index (χ4n) is 2.96. The summed E-state index contributed by atoms with van der Waals surface area (Å²) in [6, 6.07) is 9.97. The van der Waals surface area contributed by atoms with E-state index in [1.165, 1.54) is 46.8 Å². The number of sulfonamides is 1. The number of carbonyl (C=O) groups is 1. The summed E-state index contributed by atoms with van der Waals surface area (Å²) in [4.78, 5) is 22.9. The summed E-state index contributed by atoms with van der Waals surface area (Å²) in [6.07, 6.45) is 2.74. The Bertz CT molecular complexity index is 1000. The molecular weight excluding hydrogens is 450 g/mol. The van der Waals surface area contributed by atoms with E-state index >= 15 is 0 Å². The molecule has 0 aliphatic carbocycles. The van der Waals surface area contributed by atoms with E-state index in [-0.39, 0.29) is 20.6 Å². The second-order valence-corrected chi connectivity index (χ2v) is 9.16. The van der Waals surface area contributed by atoms with Crippen molar-refractivity contribution in [2.24, 2.45) is 0 Å². The Hall–Kier alpha value is -2.30. The van der Waals surface area contributed by atoms with E-state index in [9.17, 15) is 23.3 Å². The average Bonchev–Trinajstić information content (AvgIpc) is 2.69. The number of piperidine rings is 1. The minimum Gasteiger partial charge on any atom is -0.322 e. The van der Waals surface area contributed by atoms with E-state index in [0.717, 1.165) is 19.3 Å². The Morgan fingerprint density at radius 1 is 1.07 bits per heavy atom. The molecule has 2 aromatic carbocycles. The molecule has 1 saturated heterocycles. The molecule has 0 unspecified atom stereocenters. The Morgan fingerprint density at radius 2 is 1.71 bits per heavy atom. The maximum Gasteiger partial charge on any atom is 0.284 e. The van der Waals surface area contributed by atoms with E-state index in [4.69, 9.17) is 0 Å². The molecular formula is C18H18BrN3O5S. The highest BCUT2D eigenvalue weighted by atomic mass is 79.9. The molecule has 1 heterocycles. The third kappa shape index (κ3) is 4.40. The summed E-state index contributed by atoms with van der Waals surface area (Å²) in [5, 5.41) is 13.6. The van der Waals surface area contributed by atoms with Crippen LogP contribution < -0.4 is 5.32 Å². The number of carbonyl (C=O) groups excluding carboxylic acids is 1. The van der Waals surface area contributed by atoms with E-state index in [0.29, 0.717) is 18.8 Å². The van der Waals surface area contributed by atoms with Gasteiger partial charge in [-0.1, -0.05) is 6.42 Å². The lowest BCUT2D eigenvalue weighted by molar-refractivity contribution is -0.385. The van der Waals surface area contributed by atoms with Crippen molar-refractivity contribution >= 4 is 43.2 Å². The predicted molar refractivity (Wildman–Crippen MR) is 108 cm³/mol. The van der Waals surface area contributed by atoms with E-state index in [1.54, 1.807) is 0 Å². The summed E-state index contributed by atoms with van der Waals surface area (Å²) < 4.78 is 27.0. The number of rotatable bonds is 5. The van der Waals surface area contributed by atoms with Gasteiger partial charge in [-0.25, -0.2) is 8.42 Å². The normalized spacial score (nSPS) is 15.2. The topological polar surface area (TPSA) is 110 Å². The number of hydrogen-bond acceptors (Lipinski definition) is 5. The molecule has 0 spiro atoms. The quantitative estimate of drug-likeness (QED) is 0.531. The van der Waals surface area contributed by atoms with Gasteiger partial charge in [0.1, 0.15) is 0 Å². The maximum atomic E-state index is 12.6. The van der Waals surface area contributed by atoms with Crippen molar-refractivity contribution in [3.8, 4) is 0 Å². The molecule has 3 rings (SSSR count). The first-order valence-corrected chi connectivity index (χ1v) is 10.9. The Balaban J connectivity index is 1.74. The highest BCUT2D eigenvalue weighted by Crippen LogP contribution is 2.26. The summed E-state index contributed by atoms with van der Waals surface area (Å²) in [5.41, 5.74) is 0.309. The zero-order chi connectivity index (χ0) is 20.3. The first kappa shape index (κ1) is 20.4. The summed E-state index contributed by atoms with van der Waals surface area (Å²) in [5.74, 6) is -0.526. The molecule has 10 heteroatoms. The lowest BCUT2D eigenvalue weighted by Crippen LogP contribution is -2.35. The SMILES string of the molecule is O=C(Nc1ccc(S(=O)(=O)N2CCCCC2)cc1)c1ccc(Br)c([N+](=O)[O-])c1. The molecule has 28 heavy (non-hydrogen) atoms. The molecule has 8 nitrogen and oxygen atoms in total. The third-order valence-corrected chi connectivity index (χ3v) is 7.05. The smallest absolute Gasteiger partial charge is 0.284 e. The maximum absolute atomic E-state index is 12.6. The monoisotopic (exact) mass is 467 g/mol. The number of nitrogens with one attached hydrogen (secondary N) is 1. The van der Waals surface area contributed by atoms with Crippen molar-refractivity contribution in [1.29, 1.82) is 0 Å². The fraction of sp³-hybridized carbons (Fsp3) is 0.278. The van der Waals surface area contributed by atoms with Crippen LogP contribution >= 0.6 is 15.9 Å². The number of nitrogens with zero attached hydrogens (tertiary/aromatic N) is 2. The predicted octanol–water partition coefficient (Wildman–Crippen LogP) is 3.78. The molecule has 1 fully saturated rings. The number of anilines is 1. The third-order valence-electron chi connectivity index (χ3n) is 4.47. The van der Waals surface area contributed by atoms with Gasteiger partial charge in [0.25, 0.3) is 11.6 Å². The van der Waals surface area contributed by atoms with Crippen molar-refractivity contribution in [3.05, 3.63) is 62.6 Å². The summed E-state index contributed by atoms with van der Waals surface area (Å²) in [6.45, 7) is 1.03. The largest absolute Gasteiger partial charge is 0.322 e. The number of halogens is 1. The van der Waals surface area contributed by atoms with Crippen LogP contribution in [0.4, 0.5) is 11.4 Å². The van der Waals surface area contributed by atoms with Crippen LogP contribution in [0.25, 0.3) is 0 Å². The first-order chi connectivity index (χ1) is 13.3. The second kappa shape index (κ2) is 8.38. The number of nitro benzene ring substituents is 1. The summed E-state index contributed by atoms with van der Waals surface area (Å²) >= 11 is 3.07. The molecule has 1 aliphatic rings. The highest BCUT2D eigenvalue weighted by Gasteiger charge is 2.25. The number of nitro groups is 1. The van der Waals surface area contributed by atoms with Crippen LogP contribution in [0, 0.1) is 10.1 Å². The van der Waals surface area contributed by atoms with Crippen LogP contribution in [-0.2, 0) is 10.0 Å². The van der Waals surface area contributed by atoms with Gasteiger partial charge in [-0.15, -0.1) is 0 Å². The van der Waals surface area contributed by atoms with Gasteiger partial charge in [0.15, 0.2) is 0 Å². The molecule has 0 aromatic heterocycles. The number of amides is 1. The van der Waals surface area contributed by atoms with E-state index in [2.05, 4.69) is 21.2 Å². The standard InChI is InChI=1S/C18H18BrN3O5S/c19-16-9-4-13(12-17(16)22(24)25)18(23)20-14-5-7-15(8-6-14)28(26,27)21-10-2-1-3-11-21/h4-9,12H,1-3,10-11H2,(H,20,23). The van der Waals surface area contributed by atoms with Crippen LogP contribution in [0.1, 0.15) is 29.6 Å². The van der Waals surface area contributed by atoms with Crippen molar-refractivity contribution < 1.29 is 18.1 Å². The van der Waals surface area contributed by atoms with Crippen LogP contribution in [0.15, 0.2) is 51.8 Å². The minimum absolute atomic E-state index is 0.125. The average molecular weight is 468 g/mol. The molecule has 148 valence electrons. The van der Waals surface area contributed by atoms with Gasteiger partial charge in [-0.3, -0.25) is 14.9 Å². The molecule has 2 aromatic rings. The van der Waals surface area contributed by atoms with Gasteiger partial charge in [0, 0.05) is 30.4 Å². The Labute approximate surface area is 170 Å². The van der Waals surface area contributed by atoms with Gasteiger partial charge >= 0.3 is 0 Å². The molecule has 0 bridgehead atoms. The number of hydrogen-bond donors (Lipinski definition) is 1.